The Labute approximate surface area is 325 Å². The summed E-state index contributed by atoms with van der Waals surface area (Å²) in [7, 11) is 0. The zero-order valence-corrected chi connectivity index (χ0v) is 32.3. The van der Waals surface area contributed by atoms with Crippen LogP contribution in [0.15, 0.2) is 133 Å². The molecule has 280 valence electrons. The number of phenols is 4. The molecule has 3 aliphatic rings. The molecule has 0 heterocycles. The molecule has 4 nitrogen and oxygen atoms in total. The van der Waals surface area contributed by atoms with Gasteiger partial charge < -0.3 is 20.4 Å². The lowest BCUT2D eigenvalue weighted by atomic mass is 9.59. The first-order valence-corrected chi connectivity index (χ1v) is 19.9. The van der Waals surface area contributed by atoms with Crippen molar-refractivity contribution in [1.82, 2.24) is 0 Å². The van der Waals surface area contributed by atoms with Gasteiger partial charge in [0.05, 0.1) is 0 Å². The Morgan fingerprint density at radius 2 is 0.982 bits per heavy atom. The molecule has 55 heavy (non-hydrogen) atoms. The van der Waals surface area contributed by atoms with Crippen LogP contribution < -0.4 is 0 Å². The summed E-state index contributed by atoms with van der Waals surface area (Å²) in [6.07, 6.45) is 6.75. The molecule has 4 unspecified atom stereocenters. The minimum Gasteiger partial charge on any atom is -0.508 e. The van der Waals surface area contributed by atoms with E-state index in [1.807, 2.05) is 98.8 Å². The average Bonchev–Trinajstić information content (AvgIpc) is 3.93. The van der Waals surface area contributed by atoms with E-state index in [9.17, 15) is 20.4 Å². The van der Waals surface area contributed by atoms with Crippen molar-refractivity contribution in [3.05, 3.63) is 167 Å². The molecule has 0 saturated heterocycles. The van der Waals surface area contributed by atoms with Gasteiger partial charge in [0.2, 0.25) is 0 Å². The van der Waals surface area contributed by atoms with Crippen LogP contribution in [-0.2, 0) is 10.8 Å². The van der Waals surface area contributed by atoms with Crippen molar-refractivity contribution in [2.75, 3.05) is 0 Å². The topological polar surface area (TPSA) is 80.9 Å². The van der Waals surface area contributed by atoms with Crippen LogP contribution in [-0.4, -0.2) is 20.4 Å². The van der Waals surface area contributed by atoms with Gasteiger partial charge in [-0.25, -0.2) is 0 Å². The lowest BCUT2D eigenvalue weighted by molar-refractivity contribution is 0.181. The van der Waals surface area contributed by atoms with Crippen LogP contribution in [0.2, 0.25) is 0 Å². The van der Waals surface area contributed by atoms with Gasteiger partial charge in [-0.3, -0.25) is 0 Å². The fourth-order valence-electron chi connectivity index (χ4n) is 10.6. The first-order chi connectivity index (χ1) is 26.5. The van der Waals surface area contributed by atoms with Gasteiger partial charge in [0, 0.05) is 22.0 Å². The fraction of sp³-hybridized carbons (Fsp3) is 0.294. The van der Waals surface area contributed by atoms with Gasteiger partial charge in [-0.1, -0.05) is 117 Å². The first kappa shape index (κ1) is 36.5. The molecule has 3 aliphatic carbocycles. The van der Waals surface area contributed by atoms with E-state index < -0.39 is 0 Å². The van der Waals surface area contributed by atoms with Gasteiger partial charge >= 0.3 is 0 Å². The quantitative estimate of drug-likeness (QED) is 0.138. The molecule has 6 aromatic rings. The van der Waals surface area contributed by atoms with Crippen molar-refractivity contribution >= 4 is 0 Å². The second-order valence-electron chi connectivity index (χ2n) is 16.9. The molecule has 3 fully saturated rings. The Morgan fingerprint density at radius 3 is 1.45 bits per heavy atom. The van der Waals surface area contributed by atoms with Crippen molar-refractivity contribution in [2.45, 2.75) is 70.6 Å². The van der Waals surface area contributed by atoms with Crippen molar-refractivity contribution in [2.24, 2.45) is 23.7 Å². The third-order valence-electron chi connectivity index (χ3n) is 13.6. The van der Waals surface area contributed by atoms with E-state index in [2.05, 4.69) is 50.2 Å². The number of hydrogen-bond donors (Lipinski definition) is 4. The summed E-state index contributed by atoms with van der Waals surface area (Å²) in [6, 6.07) is 43.9. The van der Waals surface area contributed by atoms with Crippen LogP contribution in [0, 0.1) is 37.5 Å². The van der Waals surface area contributed by atoms with Crippen molar-refractivity contribution in [1.29, 1.82) is 0 Å². The number of aryl methyl sites for hydroxylation is 2. The lowest BCUT2D eigenvalue weighted by Gasteiger charge is -2.44. The van der Waals surface area contributed by atoms with Crippen LogP contribution in [0.3, 0.4) is 0 Å². The molecule has 0 amide bonds. The predicted molar refractivity (Wildman–Crippen MR) is 223 cm³/mol. The third-order valence-corrected chi connectivity index (χ3v) is 13.6. The van der Waals surface area contributed by atoms with E-state index in [0.29, 0.717) is 17.4 Å². The van der Waals surface area contributed by atoms with Crippen molar-refractivity contribution < 1.29 is 20.4 Å². The van der Waals surface area contributed by atoms with Crippen LogP contribution in [0.5, 0.6) is 23.0 Å². The maximum atomic E-state index is 10.4. The van der Waals surface area contributed by atoms with Crippen LogP contribution in [0.1, 0.15) is 79.3 Å². The van der Waals surface area contributed by atoms with E-state index in [1.165, 1.54) is 43.2 Å². The zero-order chi connectivity index (χ0) is 38.5. The van der Waals surface area contributed by atoms with Gasteiger partial charge in [-0.15, -0.1) is 0 Å². The van der Waals surface area contributed by atoms with Crippen LogP contribution in [0.4, 0.5) is 0 Å². The van der Waals surface area contributed by atoms with Crippen molar-refractivity contribution in [3.8, 4) is 45.3 Å². The summed E-state index contributed by atoms with van der Waals surface area (Å²) < 4.78 is 0. The molecule has 3 saturated carbocycles. The van der Waals surface area contributed by atoms with E-state index in [4.69, 9.17) is 0 Å². The maximum absolute atomic E-state index is 10.4. The Balaban J connectivity index is 0.000000156. The van der Waals surface area contributed by atoms with E-state index >= 15 is 0 Å². The molecule has 6 aromatic carbocycles. The maximum Gasteiger partial charge on any atom is 0.123 e. The van der Waals surface area contributed by atoms with E-state index in [1.54, 1.807) is 12.1 Å². The highest BCUT2D eigenvalue weighted by Gasteiger charge is 2.61. The Morgan fingerprint density at radius 1 is 0.527 bits per heavy atom. The Bertz CT molecular complexity index is 2180. The standard InChI is InChI=1S/C27H24O2.C24H28O2/c1-27(2,21-13-15-25(28)23(17-21)19-9-5-3-6-10-19)22-14-16-26(29)24(18-22)20-11-7-4-8-12-20;1-14-10-17(6-8-22(14)25)24(18-7-9-23(26)15(2)11-18)13-16-12-21(24)20-5-3-4-19(16)20/h3-18,28-29H,1-2H3;6-11,16,19-21,25-26H,3-5,12-13H2,1-2H3. The Kier molecular flexibility index (Phi) is 9.49. The minimum atomic E-state index is -0.311. The van der Waals surface area contributed by atoms with Gasteiger partial charge in [0.15, 0.2) is 0 Å². The summed E-state index contributed by atoms with van der Waals surface area (Å²) in [5.41, 5.74) is 10.2. The van der Waals surface area contributed by atoms with Crippen molar-refractivity contribution in [3.63, 3.8) is 0 Å². The molecule has 2 bridgehead atoms. The van der Waals surface area contributed by atoms with Crippen LogP contribution in [0.25, 0.3) is 22.3 Å². The monoisotopic (exact) mass is 728 g/mol. The Hall–Kier alpha value is -5.48. The lowest BCUT2D eigenvalue weighted by Crippen LogP contribution is -2.40. The largest absolute Gasteiger partial charge is 0.508 e. The number of phenolic OH excluding ortho intramolecular Hbond substituents is 4. The summed E-state index contributed by atoms with van der Waals surface area (Å²) >= 11 is 0. The number of fused-ring (bicyclic) bond motifs is 5. The molecule has 4 heteroatoms. The fourth-order valence-corrected chi connectivity index (χ4v) is 10.6. The highest BCUT2D eigenvalue weighted by atomic mass is 16.3. The molecular weight excluding hydrogens is 677 g/mol. The van der Waals surface area contributed by atoms with Gasteiger partial charge in [0.25, 0.3) is 0 Å². The molecule has 0 spiro atoms. The second-order valence-corrected chi connectivity index (χ2v) is 16.9. The minimum absolute atomic E-state index is 0.0348. The molecule has 0 radical (unpaired) electrons. The molecule has 0 aliphatic heterocycles. The highest BCUT2D eigenvalue weighted by Crippen LogP contribution is 2.68. The SMILES string of the molecule is CC(C)(c1ccc(O)c(-c2ccccc2)c1)c1ccc(O)c(-c2ccccc2)c1.Cc1cc(C2(c3ccc(O)c(C)c3)CC3CC2C2CCCC32)ccc1O. The first-order valence-electron chi connectivity index (χ1n) is 19.9. The third kappa shape index (κ3) is 6.46. The van der Waals surface area contributed by atoms with E-state index in [0.717, 1.165) is 62.3 Å². The van der Waals surface area contributed by atoms with Crippen LogP contribution >= 0.6 is 0 Å². The summed E-state index contributed by atoms with van der Waals surface area (Å²) in [6.45, 7) is 8.32. The smallest absolute Gasteiger partial charge is 0.123 e. The zero-order valence-electron chi connectivity index (χ0n) is 32.3. The number of rotatable bonds is 6. The summed E-state index contributed by atoms with van der Waals surface area (Å²) in [5, 5.41) is 41.0. The average molecular weight is 729 g/mol. The molecule has 4 atom stereocenters. The molecule has 0 aromatic heterocycles. The molecular formula is C51H52O4. The molecule has 9 rings (SSSR count). The van der Waals surface area contributed by atoms with Gasteiger partial charge in [0.1, 0.15) is 23.0 Å². The summed E-state index contributed by atoms with van der Waals surface area (Å²) in [4.78, 5) is 0. The van der Waals surface area contributed by atoms with Gasteiger partial charge in [-0.05, 0) is 144 Å². The molecule has 4 N–H and O–H groups in total. The van der Waals surface area contributed by atoms with E-state index in [-0.39, 0.29) is 22.3 Å². The summed E-state index contributed by atoms with van der Waals surface area (Å²) in [5.74, 6) is 4.60. The number of benzene rings is 6. The normalized spacial score (nSPS) is 20.8. The highest BCUT2D eigenvalue weighted by molar-refractivity contribution is 5.73. The second kappa shape index (κ2) is 14.3. The number of aromatic hydroxyl groups is 4. The van der Waals surface area contributed by atoms with Gasteiger partial charge in [-0.2, -0.15) is 0 Å². The number of hydrogen-bond acceptors (Lipinski definition) is 4. The predicted octanol–water partition coefficient (Wildman–Crippen LogP) is 12.2.